The van der Waals surface area contributed by atoms with E-state index in [1.54, 1.807) is 0 Å². The van der Waals surface area contributed by atoms with E-state index in [2.05, 4.69) is 0 Å². The van der Waals surface area contributed by atoms with Gasteiger partial charge in [-0.1, -0.05) is 176 Å². The summed E-state index contributed by atoms with van der Waals surface area (Å²) in [6.07, 6.45) is 1.83. The van der Waals surface area contributed by atoms with Crippen molar-refractivity contribution < 1.29 is 9.13 Å². The fraction of sp³-hybridized carbons (Fsp3) is 0. The lowest BCUT2D eigenvalue weighted by Gasteiger charge is -2.23. The topological polar surface area (TPSA) is 47.0 Å². The van der Waals surface area contributed by atoms with Crippen LogP contribution >= 0.6 is 14.3 Å². The number of aromatic nitrogens is 1. The summed E-state index contributed by atoms with van der Waals surface area (Å²) >= 11 is 0. The van der Waals surface area contributed by atoms with E-state index in [0.717, 1.165) is 54.2 Å². The van der Waals surface area contributed by atoms with Crippen LogP contribution in [-0.2, 0) is 9.13 Å². The Morgan fingerprint density at radius 3 is 1.09 bits per heavy atom. The molecule has 6 aromatic carbocycles. The summed E-state index contributed by atoms with van der Waals surface area (Å²) in [5.74, 6) is 0. The van der Waals surface area contributed by atoms with Crippen molar-refractivity contribution >= 4 is 46.1 Å². The Morgan fingerprint density at radius 2 is 0.696 bits per heavy atom. The Kier molecular flexibility index (Phi) is 8.20. The van der Waals surface area contributed by atoms with Crippen molar-refractivity contribution in [1.82, 2.24) is 4.98 Å². The zero-order chi connectivity index (χ0) is 31.4. The van der Waals surface area contributed by atoms with Gasteiger partial charge in [0, 0.05) is 49.2 Å². The second-order valence-electron chi connectivity index (χ2n) is 11.0. The summed E-state index contributed by atoms with van der Waals surface area (Å²) in [7, 11) is -6.44. The number of hydrogen-bond donors (Lipinski definition) is 0. The van der Waals surface area contributed by atoms with Gasteiger partial charge in [0.1, 0.15) is 0 Å². The Balaban J connectivity index is 1.36. The van der Waals surface area contributed by atoms with E-state index < -0.39 is 14.3 Å². The number of rotatable bonds is 8. The number of nitrogens with zero attached hydrogens (tertiary/aromatic N) is 1. The fourth-order valence-electron chi connectivity index (χ4n) is 6.08. The number of benzene rings is 6. The van der Waals surface area contributed by atoms with Gasteiger partial charge in [-0.05, 0) is 11.6 Å². The standard InChI is InChI=1S/C41H31NO2P2/c43-45(33-17-5-1-6-18-33,34-19-7-2-8-20-34)40-27-15-13-25-37(40)32-29-30-39(42-31-32)38-26-14-16-28-41(38)46(44,35-21-9-3-10-22-35)36-23-11-4-12-24-36/h1-31H. The lowest BCUT2D eigenvalue weighted by Crippen LogP contribution is -2.26. The third kappa shape index (κ3) is 5.29. The summed E-state index contributed by atoms with van der Waals surface area (Å²) in [5.41, 5.74) is 3.26. The van der Waals surface area contributed by atoms with Crippen LogP contribution in [0.1, 0.15) is 0 Å². The predicted molar refractivity (Wildman–Crippen MR) is 194 cm³/mol. The summed E-state index contributed by atoms with van der Waals surface area (Å²) in [5, 5.41) is 4.62. The quantitative estimate of drug-likeness (QED) is 0.162. The van der Waals surface area contributed by atoms with Gasteiger partial charge in [0.05, 0.1) is 5.69 Å². The van der Waals surface area contributed by atoms with Crippen LogP contribution in [0.4, 0.5) is 0 Å². The SMILES string of the molecule is O=P(c1ccccc1)(c1ccccc1)c1ccccc1-c1ccc(-c2ccccc2P(=O)(c2ccccc2)c2ccccc2)nc1. The van der Waals surface area contributed by atoms with Gasteiger partial charge < -0.3 is 9.13 Å². The molecule has 7 rings (SSSR count). The van der Waals surface area contributed by atoms with E-state index in [0.29, 0.717) is 0 Å². The van der Waals surface area contributed by atoms with E-state index in [4.69, 9.17) is 4.98 Å². The lowest BCUT2D eigenvalue weighted by molar-refractivity contribution is 0.591. The lowest BCUT2D eigenvalue weighted by atomic mass is 10.1. The molecule has 0 saturated carbocycles. The van der Waals surface area contributed by atoms with Gasteiger partial charge in [-0.25, -0.2) is 0 Å². The van der Waals surface area contributed by atoms with Crippen molar-refractivity contribution in [2.75, 3.05) is 0 Å². The van der Waals surface area contributed by atoms with Gasteiger partial charge in [-0.3, -0.25) is 4.98 Å². The molecule has 3 nitrogen and oxygen atoms in total. The van der Waals surface area contributed by atoms with Crippen molar-refractivity contribution in [1.29, 1.82) is 0 Å². The highest BCUT2D eigenvalue weighted by Crippen LogP contribution is 2.46. The summed E-state index contributed by atoms with van der Waals surface area (Å²) in [6, 6.07) is 58.5. The molecular formula is C41H31NO2P2. The molecule has 0 fully saturated rings. The minimum atomic E-state index is -3.22. The zero-order valence-electron chi connectivity index (χ0n) is 25.1. The number of pyridine rings is 1. The highest BCUT2D eigenvalue weighted by molar-refractivity contribution is 7.86. The molecule has 0 aliphatic rings. The molecule has 0 atom stereocenters. The third-order valence-electron chi connectivity index (χ3n) is 8.32. The molecule has 222 valence electrons. The van der Waals surface area contributed by atoms with Crippen molar-refractivity contribution in [2.24, 2.45) is 0 Å². The molecule has 1 heterocycles. The average Bonchev–Trinajstić information content (AvgIpc) is 3.15. The molecule has 0 unspecified atom stereocenters. The summed E-state index contributed by atoms with van der Waals surface area (Å²) in [4.78, 5) is 4.94. The van der Waals surface area contributed by atoms with Crippen molar-refractivity contribution in [2.45, 2.75) is 0 Å². The van der Waals surface area contributed by atoms with Gasteiger partial charge in [0.2, 0.25) is 0 Å². The molecule has 0 saturated heterocycles. The minimum Gasteiger partial charge on any atom is -0.309 e. The monoisotopic (exact) mass is 631 g/mol. The average molecular weight is 632 g/mol. The highest BCUT2D eigenvalue weighted by atomic mass is 31.2. The van der Waals surface area contributed by atoms with Gasteiger partial charge in [0.15, 0.2) is 14.3 Å². The van der Waals surface area contributed by atoms with E-state index in [9.17, 15) is 0 Å². The van der Waals surface area contributed by atoms with Crippen molar-refractivity contribution in [3.63, 3.8) is 0 Å². The van der Waals surface area contributed by atoms with Gasteiger partial charge in [-0.15, -0.1) is 0 Å². The first kappa shape index (κ1) is 29.6. The Bertz CT molecular complexity index is 1940. The molecule has 0 aliphatic heterocycles. The van der Waals surface area contributed by atoms with Crippen molar-refractivity contribution in [3.8, 4) is 22.4 Å². The van der Waals surface area contributed by atoms with Crippen LogP contribution in [0.5, 0.6) is 0 Å². The summed E-state index contributed by atoms with van der Waals surface area (Å²) in [6.45, 7) is 0. The van der Waals surface area contributed by atoms with Crippen LogP contribution in [-0.4, -0.2) is 4.98 Å². The van der Waals surface area contributed by atoms with Crippen LogP contribution in [0.25, 0.3) is 22.4 Å². The first-order valence-corrected chi connectivity index (χ1v) is 18.6. The zero-order valence-corrected chi connectivity index (χ0v) is 26.8. The number of hydrogen-bond acceptors (Lipinski definition) is 3. The van der Waals surface area contributed by atoms with Gasteiger partial charge in [-0.2, -0.15) is 0 Å². The van der Waals surface area contributed by atoms with Crippen LogP contribution < -0.4 is 31.8 Å². The largest absolute Gasteiger partial charge is 0.309 e. The molecule has 1 aromatic heterocycles. The smallest absolute Gasteiger partial charge is 0.171 e. The maximum atomic E-state index is 15.3. The molecule has 46 heavy (non-hydrogen) atoms. The predicted octanol–water partition coefficient (Wildman–Crippen LogP) is 7.69. The highest BCUT2D eigenvalue weighted by Gasteiger charge is 2.33. The fourth-order valence-corrected chi connectivity index (χ4v) is 11.8. The van der Waals surface area contributed by atoms with E-state index in [1.807, 2.05) is 188 Å². The molecule has 0 bridgehead atoms. The van der Waals surface area contributed by atoms with E-state index in [1.165, 1.54) is 0 Å². The maximum Gasteiger partial charge on any atom is 0.171 e. The minimum absolute atomic E-state index is 0.721. The molecule has 0 radical (unpaired) electrons. The van der Waals surface area contributed by atoms with Crippen LogP contribution in [0.2, 0.25) is 0 Å². The van der Waals surface area contributed by atoms with Gasteiger partial charge >= 0.3 is 0 Å². The first-order valence-electron chi connectivity index (χ1n) is 15.2. The third-order valence-corrected chi connectivity index (χ3v) is 14.6. The Labute approximate surface area is 270 Å². The first-order chi connectivity index (χ1) is 22.6. The molecular weight excluding hydrogens is 600 g/mol. The van der Waals surface area contributed by atoms with Crippen molar-refractivity contribution in [3.05, 3.63) is 188 Å². The molecule has 5 heteroatoms. The summed E-state index contributed by atoms with van der Waals surface area (Å²) < 4.78 is 30.5. The molecule has 0 amide bonds. The normalized spacial score (nSPS) is 11.7. The molecule has 0 aliphatic carbocycles. The van der Waals surface area contributed by atoms with E-state index in [-0.39, 0.29) is 0 Å². The van der Waals surface area contributed by atoms with Crippen LogP contribution in [0, 0.1) is 0 Å². The maximum absolute atomic E-state index is 15.3. The second kappa shape index (κ2) is 12.7. The molecule has 0 N–H and O–H groups in total. The van der Waals surface area contributed by atoms with E-state index >= 15 is 9.13 Å². The second-order valence-corrected chi connectivity index (χ2v) is 16.5. The molecule has 7 aromatic rings. The van der Waals surface area contributed by atoms with Crippen LogP contribution in [0.15, 0.2) is 188 Å². The Hall–Kier alpha value is -5.07. The van der Waals surface area contributed by atoms with Crippen LogP contribution in [0.3, 0.4) is 0 Å². The Morgan fingerprint density at radius 1 is 0.348 bits per heavy atom. The molecule has 0 spiro atoms. The van der Waals surface area contributed by atoms with Gasteiger partial charge in [0.25, 0.3) is 0 Å².